The van der Waals surface area contributed by atoms with Gasteiger partial charge in [-0.25, -0.2) is 0 Å². The molecule has 0 heterocycles. The maximum atomic E-state index is 13.0. The molecule has 0 aromatic rings. The molecule has 6 heteroatoms. The molecule has 1 amide bonds. The molecule has 3 N–H and O–H groups in total. The van der Waals surface area contributed by atoms with Crippen LogP contribution in [0.1, 0.15) is 110 Å². The van der Waals surface area contributed by atoms with Crippen LogP contribution in [0.5, 0.6) is 0 Å². The van der Waals surface area contributed by atoms with Crippen LogP contribution in [-0.4, -0.2) is 62.3 Å². The zero-order valence-corrected chi connectivity index (χ0v) is 22.3. The minimum atomic E-state index is -0.530. The number of rotatable bonds is 26. The van der Waals surface area contributed by atoms with Gasteiger partial charge in [0.15, 0.2) is 0 Å². The van der Waals surface area contributed by atoms with E-state index in [1.807, 2.05) is 6.92 Å². The largest absolute Gasteiger partial charge is 0.394 e. The highest BCUT2D eigenvalue weighted by molar-refractivity contribution is 5.82. The predicted molar refractivity (Wildman–Crippen MR) is 141 cm³/mol. The van der Waals surface area contributed by atoms with Gasteiger partial charge < -0.3 is 25.0 Å². The first kappa shape index (κ1) is 33.0. The third-order valence-electron chi connectivity index (χ3n) is 6.41. The van der Waals surface area contributed by atoms with Gasteiger partial charge in [-0.3, -0.25) is 4.79 Å². The summed E-state index contributed by atoms with van der Waals surface area (Å²) >= 11 is 0. The van der Waals surface area contributed by atoms with Gasteiger partial charge in [-0.2, -0.15) is 0 Å². The summed E-state index contributed by atoms with van der Waals surface area (Å²) in [6, 6.07) is 0. The average molecular weight is 486 g/mol. The Morgan fingerprint density at radius 1 is 0.706 bits per heavy atom. The lowest BCUT2D eigenvalue weighted by atomic mass is 9.76. The zero-order chi connectivity index (χ0) is 25.2. The standard InChI is InChI=1S/C28H55NO5/c1-3-5-6-7-8-9-10-11-12-13-14-15-16-17-18-28(27(32)29-4-2,19-23-33-25-21-30)20-24-34-26-22-31/h11-12,30-31H,3-10,13-26H2,1-2H3,(H,29,32)/b12-11-. The zero-order valence-electron chi connectivity index (χ0n) is 22.3. The number of carbonyl (C=O) groups excluding carboxylic acids is 1. The van der Waals surface area contributed by atoms with Crippen LogP contribution in [0.4, 0.5) is 0 Å². The average Bonchev–Trinajstić information content (AvgIpc) is 2.84. The molecular formula is C28H55NO5. The molecule has 0 aromatic carbocycles. The van der Waals surface area contributed by atoms with Crippen molar-refractivity contribution >= 4 is 5.91 Å². The molecule has 6 nitrogen and oxygen atoms in total. The Bertz CT molecular complexity index is 458. The third-order valence-corrected chi connectivity index (χ3v) is 6.41. The van der Waals surface area contributed by atoms with Crippen LogP contribution in [0.3, 0.4) is 0 Å². The molecule has 0 radical (unpaired) electrons. The van der Waals surface area contributed by atoms with E-state index in [0.717, 1.165) is 25.7 Å². The number of carbonyl (C=O) groups is 1. The van der Waals surface area contributed by atoms with E-state index < -0.39 is 5.41 Å². The predicted octanol–water partition coefficient (Wildman–Crippen LogP) is 5.55. The number of hydrogen-bond acceptors (Lipinski definition) is 5. The minimum Gasteiger partial charge on any atom is -0.394 e. The summed E-state index contributed by atoms with van der Waals surface area (Å²) in [6.45, 7) is 6.24. The fraction of sp³-hybridized carbons (Fsp3) is 0.893. The Morgan fingerprint density at radius 3 is 1.71 bits per heavy atom. The fourth-order valence-corrected chi connectivity index (χ4v) is 4.29. The third kappa shape index (κ3) is 18.4. The summed E-state index contributed by atoms with van der Waals surface area (Å²) < 4.78 is 11.0. The van der Waals surface area contributed by atoms with Gasteiger partial charge in [-0.05, 0) is 51.9 Å². The number of unbranched alkanes of at least 4 members (excludes halogenated alkanes) is 10. The summed E-state index contributed by atoms with van der Waals surface area (Å²) in [4.78, 5) is 13.0. The molecule has 0 rings (SSSR count). The number of aliphatic hydroxyl groups excluding tert-OH is 2. The fourth-order valence-electron chi connectivity index (χ4n) is 4.29. The van der Waals surface area contributed by atoms with Gasteiger partial charge in [0.1, 0.15) is 0 Å². The molecule has 0 fully saturated rings. The molecule has 0 aliphatic rings. The topological polar surface area (TPSA) is 88.0 Å². The summed E-state index contributed by atoms with van der Waals surface area (Å²) in [7, 11) is 0. The van der Waals surface area contributed by atoms with E-state index in [0.29, 0.717) is 45.8 Å². The SMILES string of the molecule is CCCCCCCC/C=C\CCCCCCC(CCOCCO)(CCOCCO)C(=O)NCC. The molecular weight excluding hydrogens is 430 g/mol. The van der Waals surface area contributed by atoms with Crippen LogP contribution in [0.2, 0.25) is 0 Å². The van der Waals surface area contributed by atoms with Gasteiger partial charge >= 0.3 is 0 Å². The normalized spacial score (nSPS) is 12.0. The Morgan fingerprint density at radius 2 is 1.21 bits per heavy atom. The van der Waals surface area contributed by atoms with Crippen molar-refractivity contribution in [2.45, 2.75) is 110 Å². The molecule has 0 aliphatic heterocycles. The van der Waals surface area contributed by atoms with E-state index in [-0.39, 0.29) is 19.1 Å². The Hall–Kier alpha value is -0.950. The molecule has 34 heavy (non-hydrogen) atoms. The maximum Gasteiger partial charge on any atom is 0.226 e. The van der Waals surface area contributed by atoms with Gasteiger partial charge in [-0.15, -0.1) is 0 Å². The van der Waals surface area contributed by atoms with Gasteiger partial charge in [0, 0.05) is 19.8 Å². The van der Waals surface area contributed by atoms with Gasteiger partial charge in [0.25, 0.3) is 0 Å². The molecule has 0 aliphatic carbocycles. The second-order valence-electron chi connectivity index (χ2n) is 9.29. The molecule has 0 saturated heterocycles. The van der Waals surface area contributed by atoms with E-state index in [1.165, 1.54) is 57.8 Å². The van der Waals surface area contributed by atoms with Crippen LogP contribution in [-0.2, 0) is 14.3 Å². The highest BCUT2D eigenvalue weighted by Crippen LogP contribution is 2.34. The molecule has 0 atom stereocenters. The van der Waals surface area contributed by atoms with Crippen LogP contribution in [0.15, 0.2) is 12.2 Å². The number of allylic oxidation sites excluding steroid dienone is 2. The van der Waals surface area contributed by atoms with Crippen molar-refractivity contribution in [3.8, 4) is 0 Å². The summed E-state index contributed by atoms with van der Waals surface area (Å²) in [5.41, 5.74) is -0.530. The summed E-state index contributed by atoms with van der Waals surface area (Å²) in [6.07, 6.45) is 21.6. The highest BCUT2D eigenvalue weighted by atomic mass is 16.5. The van der Waals surface area contributed by atoms with Crippen molar-refractivity contribution < 1.29 is 24.5 Å². The van der Waals surface area contributed by atoms with Crippen molar-refractivity contribution in [2.24, 2.45) is 5.41 Å². The number of amides is 1. The number of aliphatic hydroxyl groups is 2. The molecule has 0 spiro atoms. The van der Waals surface area contributed by atoms with Gasteiger partial charge in [-0.1, -0.05) is 70.4 Å². The second kappa shape index (κ2) is 25.2. The number of ether oxygens (including phenoxy) is 2. The van der Waals surface area contributed by atoms with Gasteiger partial charge in [0.05, 0.1) is 31.8 Å². The summed E-state index contributed by atoms with van der Waals surface area (Å²) in [5.74, 6) is 0.0628. The Balaban J connectivity index is 4.36. The van der Waals surface area contributed by atoms with E-state index in [2.05, 4.69) is 24.4 Å². The summed E-state index contributed by atoms with van der Waals surface area (Å²) in [5, 5.41) is 21.0. The lowest BCUT2D eigenvalue weighted by Crippen LogP contribution is -2.43. The Kier molecular flexibility index (Phi) is 24.4. The van der Waals surface area contributed by atoms with Crippen LogP contribution < -0.4 is 5.32 Å². The van der Waals surface area contributed by atoms with E-state index in [1.54, 1.807) is 0 Å². The first-order valence-electron chi connectivity index (χ1n) is 14.0. The first-order chi connectivity index (χ1) is 16.7. The van der Waals surface area contributed by atoms with E-state index in [4.69, 9.17) is 19.7 Å². The van der Waals surface area contributed by atoms with E-state index >= 15 is 0 Å². The molecule has 0 bridgehead atoms. The smallest absolute Gasteiger partial charge is 0.226 e. The second-order valence-corrected chi connectivity index (χ2v) is 9.29. The van der Waals surface area contributed by atoms with Crippen molar-refractivity contribution in [2.75, 3.05) is 46.2 Å². The van der Waals surface area contributed by atoms with Gasteiger partial charge in [0.2, 0.25) is 5.91 Å². The van der Waals surface area contributed by atoms with Crippen molar-refractivity contribution in [3.05, 3.63) is 12.2 Å². The first-order valence-corrected chi connectivity index (χ1v) is 14.0. The number of nitrogens with one attached hydrogen (secondary N) is 1. The number of hydrogen-bond donors (Lipinski definition) is 3. The highest BCUT2D eigenvalue weighted by Gasteiger charge is 2.37. The lowest BCUT2D eigenvalue weighted by Gasteiger charge is -2.32. The molecule has 0 aromatic heterocycles. The minimum absolute atomic E-state index is 0.0127. The maximum absolute atomic E-state index is 13.0. The van der Waals surface area contributed by atoms with Crippen LogP contribution >= 0.6 is 0 Å². The lowest BCUT2D eigenvalue weighted by molar-refractivity contribution is -0.134. The quantitative estimate of drug-likeness (QED) is 0.110. The molecule has 0 unspecified atom stereocenters. The van der Waals surface area contributed by atoms with Crippen LogP contribution in [0, 0.1) is 5.41 Å². The monoisotopic (exact) mass is 485 g/mol. The molecule has 0 saturated carbocycles. The van der Waals surface area contributed by atoms with Crippen molar-refractivity contribution in [3.63, 3.8) is 0 Å². The molecule has 202 valence electrons. The van der Waals surface area contributed by atoms with Crippen LogP contribution in [0.25, 0.3) is 0 Å². The Labute approximate surface area is 209 Å². The van der Waals surface area contributed by atoms with Crippen molar-refractivity contribution in [1.82, 2.24) is 5.32 Å². The van der Waals surface area contributed by atoms with Crippen molar-refractivity contribution in [1.29, 1.82) is 0 Å². The van der Waals surface area contributed by atoms with E-state index in [9.17, 15) is 4.79 Å².